The number of nitrogens with one attached hydrogen (secondary N) is 1. The van der Waals surface area contributed by atoms with Crippen molar-refractivity contribution >= 4 is 0 Å². The van der Waals surface area contributed by atoms with Gasteiger partial charge in [-0.1, -0.05) is 0 Å². The zero-order valence-electron chi connectivity index (χ0n) is 8.30. The summed E-state index contributed by atoms with van der Waals surface area (Å²) in [6, 6.07) is 4.02. The SMILES string of the molecule is Fc1cc(F)cc(CCNC2COC2)c1. The first-order valence-electron chi connectivity index (χ1n) is 5.00. The van der Waals surface area contributed by atoms with E-state index in [9.17, 15) is 8.78 Å². The van der Waals surface area contributed by atoms with Gasteiger partial charge in [0.2, 0.25) is 0 Å². The van der Waals surface area contributed by atoms with Gasteiger partial charge < -0.3 is 10.1 Å². The fourth-order valence-electron chi connectivity index (χ4n) is 1.53. The topological polar surface area (TPSA) is 21.3 Å². The second-order valence-corrected chi connectivity index (χ2v) is 3.72. The summed E-state index contributed by atoms with van der Waals surface area (Å²) in [5.74, 6) is -1.03. The van der Waals surface area contributed by atoms with Gasteiger partial charge in [0, 0.05) is 6.07 Å². The van der Waals surface area contributed by atoms with Crippen molar-refractivity contribution < 1.29 is 13.5 Å². The molecule has 1 fully saturated rings. The van der Waals surface area contributed by atoms with Gasteiger partial charge in [-0.2, -0.15) is 0 Å². The predicted octanol–water partition coefficient (Wildman–Crippen LogP) is 1.50. The van der Waals surface area contributed by atoms with Gasteiger partial charge in [-0.05, 0) is 30.7 Å². The minimum Gasteiger partial charge on any atom is -0.378 e. The second-order valence-electron chi connectivity index (χ2n) is 3.72. The Labute approximate surface area is 87.2 Å². The van der Waals surface area contributed by atoms with Gasteiger partial charge in [0.1, 0.15) is 11.6 Å². The maximum absolute atomic E-state index is 12.8. The van der Waals surface area contributed by atoms with E-state index in [4.69, 9.17) is 4.74 Å². The van der Waals surface area contributed by atoms with E-state index in [1.807, 2.05) is 0 Å². The monoisotopic (exact) mass is 213 g/mol. The van der Waals surface area contributed by atoms with Crippen LogP contribution >= 0.6 is 0 Å². The standard InChI is InChI=1S/C11H13F2NO/c12-9-3-8(4-10(13)5-9)1-2-14-11-6-15-7-11/h3-5,11,14H,1-2,6-7H2. The van der Waals surface area contributed by atoms with Crippen LogP contribution in [-0.2, 0) is 11.2 Å². The van der Waals surface area contributed by atoms with Crippen LogP contribution in [0.25, 0.3) is 0 Å². The minimum atomic E-state index is -0.517. The molecule has 1 heterocycles. The van der Waals surface area contributed by atoms with Crippen molar-refractivity contribution in [2.45, 2.75) is 12.5 Å². The molecular weight excluding hydrogens is 200 g/mol. The van der Waals surface area contributed by atoms with Crippen molar-refractivity contribution in [3.8, 4) is 0 Å². The number of ether oxygens (including phenoxy) is 1. The van der Waals surface area contributed by atoms with Gasteiger partial charge in [0.15, 0.2) is 0 Å². The number of rotatable bonds is 4. The highest BCUT2D eigenvalue weighted by Crippen LogP contribution is 2.08. The molecule has 1 aliphatic rings. The molecule has 0 aromatic heterocycles. The quantitative estimate of drug-likeness (QED) is 0.818. The largest absolute Gasteiger partial charge is 0.378 e. The number of hydrogen-bond acceptors (Lipinski definition) is 2. The maximum atomic E-state index is 12.8. The first kappa shape index (κ1) is 10.5. The molecule has 1 aliphatic heterocycles. The number of hydrogen-bond donors (Lipinski definition) is 1. The van der Waals surface area contributed by atoms with Gasteiger partial charge in [0.25, 0.3) is 0 Å². The van der Waals surface area contributed by atoms with Crippen molar-refractivity contribution in [3.05, 3.63) is 35.4 Å². The fourth-order valence-corrected chi connectivity index (χ4v) is 1.53. The summed E-state index contributed by atoms with van der Waals surface area (Å²) in [5.41, 5.74) is 0.681. The summed E-state index contributed by atoms with van der Waals surface area (Å²) in [6.07, 6.45) is 0.630. The Bertz CT molecular complexity index is 319. The summed E-state index contributed by atoms with van der Waals surface area (Å²) in [7, 11) is 0. The van der Waals surface area contributed by atoms with E-state index in [0.29, 0.717) is 18.0 Å². The molecule has 0 atom stereocenters. The van der Waals surface area contributed by atoms with E-state index in [1.165, 1.54) is 12.1 Å². The molecular formula is C11H13F2NO. The van der Waals surface area contributed by atoms with E-state index >= 15 is 0 Å². The lowest BCUT2D eigenvalue weighted by Crippen LogP contribution is -2.46. The molecule has 0 amide bonds. The molecule has 2 rings (SSSR count). The van der Waals surface area contributed by atoms with Gasteiger partial charge in [-0.25, -0.2) is 8.78 Å². The minimum absolute atomic E-state index is 0.406. The molecule has 1 N–H and O–H groups in total. The van der Waals surface area contributed by atoms with Crippen LogP contribution in [0.3, 0.4) is 0 Å². The van der Waals surface area contributed by atoms with E-state index in [2.05, 4.69) is 5.32 Å². The summed E-state index contributed by atoms with van der Waals surface area (Å²) < 4.78 is 30.6. The van der Waals surface area contributed by atoms with Gasteiger partial charge in [-0.3, -0.25) is 0 Å². The Morgan fingerprint density at radius 2 is 1.87 bits per heavy atom. The highest BCUT2D eigenvalue weighted by atomic mass is 19.1. The average molecular weight is 213 g/mol. The van der Waals surface area contributed by atoms with Crippen molar-refractivity contribution in [2.24, 2.45) is 0 Å². The molecule has 0 radical (unpaired) electrons. The first-order valence-corrected chi connectivity index (χ1v) is 5.00. The lowest BCUT2D eigenvalue weighted by Gasteiger charge is -2.26. The van der Waals surface area contributed by atoms with Crippen LogP contribution in [0.15, 0.2) is 18.2 Å². The van der Waals surface area contributed by atoms with E-state index in [-0.39, 0.29) is 0 Å². The lowest BCUT2D eigenvalue weighted by molar-refractivity contribution is -0.00467. The predicted molar refractivity (Wildman–Crippen MR) is 52.7 cm³/mol. The molecule has 0 aliphatic carbocycles. The molecule has 0 spiro atoms. The van der Waals surface area contributed by atoms with E-state index in [0.717, 1.165) is 25.8 Å². The lowest BCUT2D eigenvalue weighted by atomic mass is 10.1. The highest BCUT2D eigenvalue weighted by molar-refractivity contribution is 5.18. The Morgan fingerprint density at radius 3 is 2.40 bits per heavy atom. The molecule has 0 saturated carbocycles. The van der Waals surface area contributed by atoms with Crippen LogP contribution < -0.4 is 5.32 Å². The fraction of sp³-hybridized carbons (Fsp3) is 0.455. The summed E-state index contributed by atoms with van der Waals surface area (Å²) in [4.78, 5) is 0. The number of halogens is 2. The van der Waals surface area contributed by atoms with Crippen LogP contribution in [0.4, 0.5) is 8.78 Å². The molecule has 2 nitrogen and oxygen atoms in total. The Kier molecular flexibility index (Phi) is 3.28. The van der Waals surface area contributed by atoms with Crippen LogP contribution in [0.5, 0.6) is 0 Å². The Morgan fingerprint density at radius 1 is 1.20 bits per heavy atom. The normalized spacial score (nSPS) is 16.4. The van der Waals surface area contributed by atoms with Crippen LogP contribution in [0.2, 0.25) is 0 Å². The van der Waals surface area contributed by atoms with E-state index < -0.39 is 11.6 Å². The highest BCUT2D eigenvalue weighted by Gasteiger charge is 2.16. The van der Waals surface area contributed by atoms with Gasteiger partial charge >= 0.3 is 0 Å². The smallest absolute Gasteiger partial charge is 0.126 e. The van der Waals surface area contributed by atoms with Crippen LogP contribution in [0, 0.1) is 11.6 Å². The molecule has 4 heteroatoms. The Balaban J connectivity index is 1.81. The summed E-state index contributed by atoms with van der Waals surface area (Å²) >= 11 is 0. The van der Waals surface area contributed by atoms with Gasteiger partial charge in [0.05, 0.1) is 19.3 Å². The first-order chi connectivity index (χ1) is 7.24. The zero-order valence-corrected chi connectivity index (χ0v) is 8.30. The number of benzene rings is 1. The third-order valence-corrected chi connectivity index (χ3v) is 2.41. The van der Waals surface area contributed by atoms with Crippen LogP contribution in [0.1, 0.15) is 5.56 Å². The van der Waals surface area contributed by atoms with Crippen molar-refractivity contribution in [1.29, 1.82) is 0 Å². The second kappa shape index (κ2) is 4.68. The third-order valence-electron chi connectivity index (χ3n) is 2.41. The van der Waals surface area contributed by atoms with Crippen molar-refractivity contribution in [3.63, 3.8) is 0 Å². The van der Waals surface area contributed by atoms with Crippen LogP contribution in [-0.4, -0.2) is 25.8 Å². The summed E-state index contributed by atoms with van der Waals surface area (Å²) in [5, 5.41) is 3.24. The van der Waals surface area contributed by atoms with Crippen molar-refractivity contribution in [1.82, 2.24) is 5.32 Å². The molecule has 82 valence electrons. The molecule has 1 aromatic carbocycles. The third kappa shape index (κ3) is 2.97. The molecule has 0 bridgehead atoms. The zero-order chi connectivity index (χ0) is 10.7. The van der Waals surface area contributed by atoms with E-state index in [1.54, 1.807) is 0 Å². The van der Waals surface area contributed by atoms with Crippen molar-refractivity contribution in [2.75, 3.05) is 19.8 Å². The van der Waals surface area contributed by atoms with Gasteiger partial charge in [-0.15, -0.1) is 0 Å². The molecule has 1 aromatic rings. The Hall–Kier alpha value is -1.00. The molecule has 15 heavy (non-hydrogen) atoms. The maximum Gasteiger partial charge on any atom is 0.126 e. The average Bonchev–Trinajstić information content (AvgIpc) is 2.07. The molecule has 0 unspecified atom stereocenters. The molecule has 1 saturated heterocycles. The summed E-state index contributed by atoms with van der Waals surface area (Å²) in [6.45, 7) is 2.19.